The number of hydrogen-bond donors (Lipinski definition) is 2. The minimum atomic E-state index is 0. The Bertz CT molecular complexity index is 381. The Balaban J connectivity index is 0.00000529. The molecule has 0 unspecified atom stereocenters. The van der Waals surface area contributed by atoms with E-state index < -0.39 is 0 Å². The number of hydrogen-bond acceptors (Lipinski definition) is 2. The average Bonchev–Trinajstić information content (AvgIpc) is 2.55. The number of carbonyl (C=O) groups is 1. The molecule has 0 bridgehead atoms. The van der Waals surface area contributed by atoms with Crippen LogP contribution in [-0.2, 0) is 4.79 Å². The van der Waals surface area contributed by atoms with Crippen LogP contribution in [0.1, 0.15) is 58.3 Å². The number of allylic oxidation sites excluding steroid dienone is 1. The number of guanidine groups is 1. The smallest absolute Gasteiger partial charge is 0.222 e. The van der Waals surface area contributed by atoms with Crippen LogP contribution in [0.4, 0.5) is 0 Å². The minimum absolute atomic E-state index is 0. The van der Waals surface area contributed by atoms with E-state index in [-0.39, 0.29) is 29.9 Å². The molecular formula is C18H35IN4O. The van der Waals surface area contributed by atoms with Crippen LogP contribution in [0.2, 0.25) is 0 Å². The van der Waals surface area contributed by atoms with Crippen molar-refractivity contribution in [1.82, 2.24) is 15.5 Å². The zero-order valence-corrected chi connectivity index (χ0v) is 17.7. The number of nitrogens with one attached hydrogen (secondary N) is 2. The highest BCUT2D eigenvalue weighted by Gasteiger charge is 2.15. The predicted octanol–water partition coefficient (Wildman–Crippen LogP) is 3.31. The summed E-state index contributed by atoms with van der Waals surface area (Å²) in [5.74, 6) is 1.01. The van der Waals surface area contributed by atoms with E-state index in [0.717, 1.165) is 44.7 Å². The van der Waals surface area contributed by atoms with Gasteiger partial charge in [-0.2, -0.15) is 0 Å². The van der Waals surface area contributed by atoms with Gasteiger partial charge in [-0.1, -0.05) is 25.3 Å². The minimum Gasteiger partial charge on any atom is -0.357 e. The van der Waals surface area contributed by atoms with Crippen molar-refractivity contribution in [1.29, 1.82) is 0 Å². The molecule has 0 aromatic rings. The summed E-state index contributed by atoms with van der Waals surface area (Å²) in [5, 5.41) is 6.43. The van der Waals surface area contributed by atoms with Gasteiger partial charge in [0.25, 0.3) is 0 Å². The highest BCUT2D eigenvalue weighted by atomic mass is 127. The predicted molar refractivity (Wildman–Crippen MR) is 113 cm³/mol. The van der Waals surface area contributed by atoms with Crippen LogP contribution in [-0.4, -0.2) is 49.5 Å². The molecule has 0 spiro atoms. The molecular weight excluding hydrogens is 415 g/mol. The summed E-state index contributed by atoms with van der Waals surface area (Å²) >= 11 is 0. The molecule has 24 heavy (non-hydrogen) atoms. The van der Waals surface area contributed by atoms with Crippen LogP contribution in [0, 0.1) is 0 Å². The van der Waals surface area contributed by atoms with Crippen molar-refractivity contribution >= 4 is 35.8 Å². The number of unbranched alkanes of at least 4 members (excludes halogenated alkanes) is 1. The Kier molecular flexibility index (Phi) is 14.1. The van der Waals surface area contributed by atoms with Gasteiger partial charge in [-0.25, -0.2) is 0 Å². The van der Waals surface area contributed by atoms with Crippen LogP contribution in [0.25, 0.3) is 0 Å². The molecule has 0 aliphatic heterocycles. The Hall–Kier alpha value is -0.790. The summed E-state index contributed by atoms with van der Waals surface area (Å²) in [4.78, 5) is 18.7. The lowest BCUT2D eigenvalue weighted by Crippen LogP contribution is -2.40. The van der Waals surface area contributed by atoms with Crippen molar-refractivity contribution in [3.8, 4) is 0 Å². The fourth-order valence-electron chi connectivity index (χ4n) is 2.86. The van der Waals surface area contributed by atoms with Crippen molar-refractivity contribution in [2.45, 2.75) is 64.3 Å². The molecule has 5 nitrogen and oxygen atoms in total. The molecule has 0 aromatic carbocycles. The number of halogens is 1. The molecule has 1 aliphatic carbocycles. The highest BCUT2D eigenvalue weighted by Crippen LogP contribution is 2.17. The van der Waals surface area contributed by atoms with Gasteiger partial charge in [0, 0.05) is 32.6 Å². The van der Waals surface area contributed by atoms with Gasteiger partial charge >= 0.3 is 0 Å². The first kappa shape index (κ1) is 23.2. The van der Waals surface area contributed by atoms with E-state index in [1.165, 1.54) is 19.3 Å². The molecule has 0 aromatic heterocycles. The van der Waals surface area contributed by atoms with Gasteiger partial charge in [-0.3, -0.25) is 9.79 Å². The topological polar surface area (TPSA) is 56.7 Å². The van der Waals surface area contributed by atoms with Gasteiger partial charge in [0.1, 0.15) is 0 Å². The maximum Gasteiger partial charge on any atom is 0.222 e. The third-order valence-corrected chi connectivity index (χ3v) is 4.17. The normalized spacial score (nSPS) is 15.3. The summed E-state index contributed by atoms with van der Waals surface area (Å²) in [5.41, 5.74) is 0. The van der Waals surface area contributed by atoms with E-state index in [1.807, 2.05) is 13.1 Å². The molecule has 2 N–H and O–H groups in total. The molecule has 1 rings (SSSR count). The van der Waals surface area contributed by atoms with Crippen LogP contribution in [0.15, 0.2) is 17.6 Å². The zero-order valence-electron chi connectivity index (χ0n) is 15.4. The molecule has 1 fully saturated rings. The summed E-state index contributed by atoms with van der Waals surface area (Å²) in [7, 11) is 2.03. The number of aliphatic imine (C=N–C) groups is 1. The Morgan fingerprint density at radius 3 is 2.67 bits per heavy atom. The van der Waals surface area contributed by atoms with Crippen LogP contribution >= 0.6 is 24.0 Å². The van der Waals surface area contributed by atoms with Crippen molar-refractivity contribution in [3.05, 3.63) is 12.7 Å². The lowest BCUT2D eigenvalue weighted by atomic mass is 9.95. The fraction of sp³-hybridized carbons (Fsp3) is 0.778. The number of carbonyl (C=O) groups excluding carboxylic acids is 1. The molecule has 140 valence electrons. The first-order valence-electron chi connectivity index (χ1n) is 9.07. The standard InChI is InChI=1S/C18H34N4O.HI/c1-4-6-10-15-22(3)18(19-5-2)20-14-13-17(23)21-16-11-8-7-9-12-16;/h4,16H,1,5-15H2,2-3H3,(H,19,20)(H,21,23);1H. The van der Waals surface area contributed by atoms with Gasteiger partial charge in [0.05, 0.1) is 6.54 Å². The maximum atomic E-state index is 12.0. The van der Waals surface area contributed by atoms with Crippen LogP contribution < -0.4 is 10.6 Å². The summed E-state index contributed by atoms with van der Waals surface area (Å²) in [6, 6.07) is 0.384. The zero-order chi connectivity index (χ0) is 16.9. The van der Waals surface area contributed by atoms with Crippen LogP contribution in [0.5, 0.6) is 0 Å². The first-order chi connectivity index (χ1) is 11.2. The van der Waals surface area contributed by atoms with E-state index in [0.29, 0.717) is 19.0 Å². The Morgan fingerprint density at radius 2 is 2.04 bits per heavy atom. The van der Waals surface area contributed by atoms with Gasteiger partial charge in [-0.05, 0) is 32.6 Å². The monoisotopic (exact) mass is 450 g/mol. The molecule has 1 saturated carbocycles. The number of amides is 1. The van der Waals surface area contributed by atoms with E-state index in [4.69, 9.17) is 0 Å². The Morgan fingerprint density at radius 1 is 1.33 bits per heavy atom. The fourth-order valence-corrected chi connectivity index (χ4v) is 2.86. The second-order valence-corrected chi connectivity index (χ2v) is 6.24. The largest absolute Gasteiger partial charge is 0.357 e. The third-order valence-electron chi connectivity index (χ3n) is 4.17. The van der Waals surface area contributed by atoms with Gasteiger partial charge < -0.3 is 15.5 Å². The molecule has 0 saturated heterocycles. The second-order valence-electron chi connectivity index (χ2n) is 6.24. The molecule has 1 amide bonds. The maximum absolute atomic E-state index is 12.0. The van der Waals surface area contributed by atoms with Crippen molar-refractivity contribution in [2.75, 3.05) is 26.7 Å². The quantitative estimate of drug-likeness (QED) is 0.186. The molecule has 6 heteroatoms. The third kappa shape index (κ3) is 10.2. The van der Waals surface area contributed by atoms with Crippen LogP contribution in [0.3, 0.4) is 0 Å². The van der Waals surface area contributed by atoms with E-state index in [1.54, 1.807) is 0 Å². The number of rotatable bonds is 9. The Labute approximate surface area is 164 Å². The van der Waals surface area contributed by atoms with E-state index in [9.17, 15) is 4.79 Å². The lowest BCUT2D eigenvalue weighted by molar-refractivity contribution is -0.121. The van der Waals surface area contributed by atoms with Crippen molar-refractivity contribution in [3.63, 3.8) is 0 Å². The number of nitrogens with zero attached hydrogens (tertiary/aromatic N) is 2. The van der Waals surface area contributed by atoms with E-state index in [2.05, 4.69) is 34.0 Å². The van der Waals surface area contributed by atoms with Gasteiger partial charge in [0.2, 0.25) is 5.91 Å². The second kappa shape index (κ2) is 14.5. The molecule has 0 atom stereocenters. The lowest BCUT2D eigenvalue weighted by Gasteiger charge is -2.23. The van der Waals surface area contributed by atoms with Gasteiger partial charge in [0.15, 0.2) is 5.96 Å². The first-order valence-corrected chi connectivity index (χ1v) is 9.07. The molecule has 0 radical (unpaired) electrons. The summed E-state index contributed by atoms with van der Waals surface area (Å²) in [6.45, 7) is 8.11. The average molecular weight is 450 g/mol. The van der Waals surface area contributed by atoms with Crippen molar-refractivity contribution < 1.29 is 4.79 Å². The highest BCUT2D eigenvalue weighted by molar-refractivity contribution is 14.0. The summed E-state index contributed by atoms with van der Waals surface area (Å²) < 4.78 is 0. The molecule has 0 heterocycles. The van der Waals surface area contributed by atoms with Gasteiger partial charge in [-0.15, -0.1) is 30.6 Å². The van der Waals surface area contributed by atoms with E-state index >= 15 is 0 Å². The van der Waals surface area contributed by atoms with Crippen molar-refractivity contribution in [2.24, 2.45) is 4.99 Å². The molecule has 1 aliphatic rings. The SMILES string of the molecule is C=CCCCN(C)C(=NCCC(=O)NC1CCCCC1)NCC.I. The summed E-state index contributed by atoms with van der Waals surface area (Å²) in [6.07, 6.45) is 10.5.